The summed E-state index contributed by atoms with van der Waals surface area (Å²) in [4.78, 5) is 10.9. The zero-order valence-corrected chi connectivity index (χ0v) is 9.61. The standard InChI is InChI=1S/C9H21N.CH2O2/c1-7(2)10(8(3)4)9(5)6;2-1-3/h7-9H,1-6H3;1H,(H,2,3). The van der Waals surface area contributed by atoms with E-state index in [1.165, 1.54) is 0 Å². The predicted molar refractivity (Wildman–Crippen MR) is 55.9 cm³/mol. The van der Waals surface area contributed by atoms with E-state index in [2.05, 4.69) is 46.4 Å². The fraction of sp³-hybridized carbons (Fsp3) is 0.900. The monoisotopic (exact) mass is 189 g/mol. The second kappa shape index (κ2) is 8.05. The summed E-state index contributed by atoms with van der Waals surface area (Å²) in [5.74, 6) is 0. The largest absolute Gasteiger partial charge is 0.483 e. The Morgan fingerprint density at radius 3 is 1.08 bits per heavy atom. The molecule has 0 rings (SSSR count). The minimum Gasteiger partial charge on any atom is -0.483 e. The highest BCUT2D eigenvalue weighted by Gasteiger charge is 2.15. The van der Waals surface area contributed by atoms with Gasteiger partial charge in [0.2, 0.25) is 0 Å². The van der Waals surface area contributed by atoms with Crippen molar-refractivity contribution in [1.29, 1.82) is 0 Å². The minimum atomic E-state index is -0.250. The molecule has 0 aliphatic carbocycles. The van der Waals surface area contributed by atoms with Crippen molar-refractivity contribution in [2.45, 2.75) is 59.7 Å². The number of nitrogens with zero attached hydrogens (tertiary/aromatic N) is 1. The highest BCUT2D eigenvalue weighted by Crippen LogP contribution is 2.08. The molecule has 3 nitrogen and oxygen atoms in total. The van der Waals surface area contributed by atoms with Crippen LogP contribution in [-0.2, 0) is 4.79 Å². The summed E-state index contributed by atoms with van der Waals surface area (Å²) in [5, 5.41) is 6.89. The molecule has 3 heteroatoms. The minimum absolute atomic E-state index is 0.250. The van der Waals surface area contributed by atoms with E-state index in [0.29, 0.717) is 18.1 Å². The maximum atomic E-state index is 8.36. The van der Waals surface area contributed by atoms with Crippen LogP contribution < -0.4 is 0 Å². The van der Waals surface area contributed by atoms with Crippen LogP contribution in [-0.4, -0.2) is 34.6 Å². The molecule has 0 atom stereocenters. The molecule has 0 aliphatic rings. The molecule has 0 amide bonds. The first-order valence-corrected chi connectivity index (χ1v) is 4.73. The number of hydrogen-bond donors (Lipinski definition) is 1. The summed E-state index contributed by atoms with van der Waals surface area (Å²) in [6, 6.07) is 2.00. The van der Waals surface area contributed by atoms with Gasteiger partial charge in [0, 0.05) is 18.1 Å². The van der Waals surface area contributed by atoms with Crippen LogP contribution in [0, 0.1) is 0 Å². The molecular formula is C10H23NO2. The highest BCUT2D eigenvalue weighted by atomic mass is 16.3. The molecule has 0 aromatic heterocycles. The van der Waals surface area contributed by atoms with Crippen LogP contribution in [0.4, 0.5) is 0 Å². The highest BCUT2D eigenvalue weighted by molar-refractivity contribution is 5.32. The smallest absolute Gasteiger partial charge is 0.290 e. The van der Waals surface area contributed by atoms with Crippen LogP contribution >= 0.6 is 0 Å². The van der Waals surface area contributed by atoms with Crippen LogP contribution in [0.15, 0.2) is 0 Å². The number of carboxylic acid groups (broad SMARTS) is 1. The Morgan fingerprint density at radius 2 is 1.08 bits per heavy atom. The quantitative estimate of drug-likeness (QED) is 0.692. The third-order valence-corrected chi connectivity index (χ3v) is 1.79. The number of carbonyl (C=O) groups is 1. The van der Waals surface area contributed by atoms with Gasteiger partial charge in [-0.15, -0.1) is 0 Å². The maximum absolute atomic E-state index is 8.36. The molecule has 0 aliphatic heterocycles. The average molecular weight is 189 g/mol. The zero-order chi connectivity index (χ0) is 11.0. The van der Waals surface area contributed by atoms with E-state index >= 15 is 0 Å². The Bertz CT molecular complexity index is 103. The van der Waals surface area contributed by atoms with Crippen molar-refractivity contribution < 1.29 is 9.90 Å². The molecule has 0 saturated carbocycles. The van der Waals surface area contributed by atoms with Gasteiger partial charge in [-0.2, -0.15) is 0 Å². The van der Waals surface area contributed by atoms with Crippen molar-refractivity contribution in [3.05, 3.63) is 0 Å². The topological polar surface area (TPSA) is 40.5 Å². The van der Waals surface area contributed by atoms with Crippen molar-refractivity contribution >= 4 is 6.47 Å². The van der Waals surface area contributed by atoms with Gasteiger partial charge in [0.1, 0.15) is 0 Å². The summed E-state index contributed by atoms with van der Waals surface area (Å²) < 4.78 is 0. The summed E-state index contributed by atoms with van der Waals surface area (Å²) in [5.41, 5.74) is 0. The third-order valence-electron chi connectivity index (χ3n) is 1.79. The first-order valence-electron chi connectivity index (χ1n) is 4.73. The summed E-state index contributed by atoms with van der Waals surface area (Å²) in [6.07, 6.45) is 0. The van der Waals surface area contributed by atoms with Crippen LogP contribution in [0.25, 0.3) is 0 Å². The van der Waals surface area contributed by atoms with Crippen molar-refractivity contribution in [3.8, 4) is 0 Å². The normalized spacial score (nSPS) is 10.6. The molecule has 80 valence electrons. The Labute approximate surface area is 81.7 Å². The van der Waals surface area contributed by atoms with E-state index in [0.717, 1.165) is 0 Å². The molecule has 13 heavy (non-hydrogen) atoms. The average Bonchev–Trinajstić information content (AvgIpc) is 1.84. The first-order chi connectivity index (χ1) is 5.88. The van der Waals surface area contributed by atoms with Crippen LogP contribution in [0.1, 0.15) is 41.5 Å². The lowest BCUT2D eigenvalue weighted by Crippen LogP contribution is -2.42. The fourth-order valence-electron chi connectivity index (χ4n) is 1.79. The van der Waals surface area contributed by atoms with E-state index in [-0.39, 0.29) is 6.47 Å². The molecule has 0 aromatic rings. The molecule has 0 saturated heterocycles. The lowest BCUT2D eigenvalue weighted by atomic mass is 10.2. The SMILES string of the molecule is CC(C)N(C(C)C)C(C)C.O=CO. The molecule has 0 fully saturated rings. The van der Waals surface area contributed by atoms with Gasteiger partial charge < -0.3 is 5.11 Å². The van der Waals surface area contributed by atoms with E-state index in [4.69, 9.17) is 9.90 Å². The molecule has 0 heterocycles. The van der Waals surface area contributed by atoms with E-state index in [1.807, 2.05) is 0 Å². The Hall–Kier alpha value is -0.570. The second-order valence-corrected chi connectivity index (χ2v) is 3.83. The first kappa shape index (κ1) is 14.9. The van der Waals surface area contributed by atoms with Gasteiger partial charge in [0.15, 0.2) is 0 Å². The van der Waals surface area contributed by atoms with Gasteiger partial charge in [-0.05, 0) is 41.5 Å². The molecule has 0 spiro atoms. The van der Waals surface area contributed by atoms with Crippen LogP contribution in [0.5, 0.6) is 0 Å². The Morgan fingerprint density at radius 1 is 0.923 bits per heavy atom. The molecule has 0 unspecified atom stereocenters. The predicted octanol–water partition coefficient (Wildman–Crippen LogP) is 2.21. The van der Waals surface area contributed by atoms with Crippen molar-refractivity contribution in [2.24, 2.45) is 0 Å². The lowest BCUT2D eigenvalue weighted by Gasteiger charge is -2.34. The molecular weight excluding hydrogens is 166 g/mol. The van der Waals surface area contributed by atoms with Gasteiger partial charge in [0.05, 0.1) is 0 Å². The molecule has 0 radical (unpaired) electrons. The van der Waals surface area contributed by atoms with E-state index < -0.39 is 0 Å². The lowest BCUT2D eigenvalue weighted by molar-refractivity contribution is -0.122. The van der Waals surface area contributed by atoms with Crippen LogP contribution in [0.2, 0.25) is 0 Å². The maximum Gasteiger partial charge on any atom is 0.290 e. The number of rotatable bonds is 3. The Kier molecular flexibility index (Phi) is 9.24. The molecule has 0 bridgehead atoms. The van der Waals surface area contributed by atoms with Crippen LogP contribution in [0.3, 0.4) is 0 Å². The van der Waals surface area contributed by atoms with Gasteiger partial charge in [-0.3, -0.25) is 9.69 Å². The molecule has 1 N–H and O–H groups in total. The summed E-state index contributed by atoms with van der Waals surface area (Å²) >= 11 is 0. The zero-order valence-electron chi connectivity index (χ0n) is 9.61. The van der Waals surface area contributed by atoms with E-state index in [1.54, 1.807) is 0 Å². The van der Waals surface area contributed by atoms with Crippen molar-refractivity contribution in [3.63, 3.8) is 0 Å². The second-order valence-electron chi connectivity index (χ2n) is 3.83. The number of hydrogen-bond acceptors (Lipinski definition) is 2. The Balaban J connectivity index is 0. The summed E-state index contributed by atoms with van der Waals surface area (Å²) in [6.45, 7) is 13.2. The van der Waals surface area contributed by atoms with Gasteiger partial charge >= 0.3 is 0 Å². The van der Waals surface area contributed by atoms with Gasteiger partial charge in [0.25, 0.3) is 6.47 Å². The fourth-order valence-corrected chi connectivity index (χ4v) is 1.79. The van der Waals surface area contributed by atoms with Gasteiger partial charge in [-0.25, -0.2) is 0 Å². The van der Waals surface area contributed by atoms with E-state index in [9.17, 15) is 0 Å². The third kappa shape index (κ3) is 7.78. The van der Waals surface area contributed by atoms with Gasteiger partial charge in [-0.1, -0.05) is 0 Å². The van der Waals surface area contributed by atoms with Crippen molar-refractivity contribution in [1.82, 2.24) is 4.90 Å². The molecule has 0 aromatic carbocycles. The van der Waals surface area contributed by atoms with Crippen molar-refractivity contribution in [2.75, 3.05) is 0 Å². The summed E-state index contributed by atoms with van der Waals surface area (Å²) in [7, 11) is 0.